The summed E-state index contributed by atoms with van der Waals surface area (Å²) < 4.78 is 11.1. The van der Waals surface area contributed by atoms with Crippen molar-refractivity contribution in [1.29, 1.82) is 0 Å². The van der Waals surface area contributed by atoms with Crippen molar-refractivity contribution in [2.45, 2.75) is 26.3 Å². The molecule has 1 N–H and O–H groups in total. The van der Waals surface area contributed by atoms with E-state index in [1.54, 1.807) is 23.4 Å². The van der Waals surface area contributed by atoms with Crippen LogP contribution >= 0.6 is 0 Å². The van der Waals surface area contributed by atoms with Crippen LogP contribution in [0.5, 0.6) is 11.5 Å². The molecule has 2 heterocycles. The minimum Gasteiger partial charge on any atom is -0.504 e. The van der Waals surface area contributed by atoms with E-state index in [-0.39, 0.29) is 18.3 Å². The number of fused-ring (bicyclic) bond motifs is 1. The van der Waals surface area contributed by atoms with Crippen LogP contribution in [0.3, 0.4) is 0 Å². The summed E-state index contributed by atoms with van der Waals surface area (Å²) in [5, 5.41) is 10.4. The number of benzene rings is 1. The van der Waals surface area contributed by atoms with Crippen molar-refractivity contribution in [3.05, 3.63) is 42.2 Å². The molecule has 3 rings (SSSR count). The van der Waals surface area contributed by atoms with E-state index in [4.69, 9.17) is 9.47 Å². The first-order chi connectivity index (χ1) is 12.7. The Kier molecular flexibility index (Phi) is 6.07. The predicted molar refractivity (Wildman–Crippen MR) is 98.0 cm³/mol. The van der Waals surface area contributed by atoms with Gasteiger partial charge in [0.2, 0.25) is 5.91 Å². The van der Waals surface area contributed by atoms with Crippen molar-refractivity contribution in [2.24, 2.45) is 0 Å². The molecule has 26 heavy (non-hydrogen) atoms. The molecule has 0 saturated carbocycles. The molecule has 0 spiro atoms. The van der Waals surface area contributed by atoms with Gasteiger partial charge in [-0.1, -0.05) is 19.4 Å². The number of pyridine rings is 1. The van der Waals surface area contributed by atoms with Crippen molar-refractivity contribution in [3.8, 4) is 22.6 Å². The summed E-state index contributed by atoms with van der Waals surface area (Å²) in [6, 6.07) is 7.38. The topological polar surface area (TPSA) is 71.9 Å². The van der Waals surface area contributed by atoms with Crippen molar-refractivity contribution < 1.29 is 19.4 Å². The smallest absolute Gasteiger partial charge is 0.248 e. The van der Waals surface area contributed by atoms with Gasteiger partial charge in [0, 0.05) is 36.7 Å². The van der Waals surface area contributed by atoms with Crippen molar-refractivity contribution in [1.82, 2.24) is 9.88 Å². The van der Waals surface area contributed by atoms with E-state index in [9.17, 15) is 9.90 Å². The molecule has 0 bridgehead atoms. The molecule has 0 aliphatic carbocycles. The van der Waals surface area contributed by atoms with Gasteiger partial charge in [-0.05, 0) is 30.2 Å². The highest BCUT2D eigenvalue weighted by atomic mass is 16.5. The molecule has 0 saturated heterocycles. The molecule has 0 fully saturated rings. The molecular weight excluding hydrogens is 332 g/mol. The Labute approximate surface area is 153 Å². The summed E-state index contributed by atoms with van der Waals surface area (Å²) in [6.07, 6.45) is 5.43. The average molecular weight is 356 g/mol. The number of phenols is 1. The second-order valence-corrected chi connectivity index (χ2v) is 6.30. The van der Waals surface area contributed by atoms with Gasteiger partial charge in [0.05, 0.1) is 6.54 Å². The first-order valence-electron chi connectivity index (χ1n) is 8.93. The molecule has 0 unspecified atom stereocenters. The van der Waals surface area contributed by atoms with E-state index in [0.29, 0.717) is 32.1 Å². The zero-order chi connectivity index (χ0) is 18.4. The molecule has 1 aromatic heterocycles. The van der Waals surface area contributed by atoms with E-state index >= 15 is 0 Å². The third-order valence-electron chi connectivity index (χ3n) is 4.33. The summed E-state index contributed by atoms with van der Waals surface area (Å²) in [6.45, 7) is 3.94. The maximum Gasteiger partial charge on any atom is 0.248 e. The quantitative estimate of drug-likeness (QED) is 0.806. The molecule has 0 radical (unpaired) electrons. The van der Waals surface area contributed by atoms with E-state index in [1.807, 2.05) is 18.2 Å². The van der Waals surface area contributed by atoms with Crippen LogP contribution in [-0.2, 0) is 16.1 Å². The Bertz CT molecular complexity index is 749. The number of nitrogens with zero attached hydrogens (tertiary/aromatic N) is 2. The molecule has 1 amide bonds. The van der Waals surface area contributed by atoms with Crippen LogP contribution in [-0.4, -0.2) is 47.3 Å². The van der Waals surface area contributed by atoms with Crippen LogP contribution in [0.4, 0.5) is 0 Å². The van der Waals surface area contributed by atoms with Gasteiger partial charge in [0.1, 0.15) is 13.2 Å². The Morgan fingerprint density at radius 3 is 3.04 bits per heavy atom. The van der Waals surface area contributed by atoms with Crippen LogP contribution < -0.4 is 4.74 Å². The summed E-state index contributed by atoms with van der Waals surface area (Å²) in [4.78, 5) is 18.3. The molecule has 1 aliphatic rings. The highest BCUT2D eigenvalue weighted by molar-refractivity contribution is 5.78. The third-order valence-corrected chi connectivity index (χ3v) is 4.33. The maximum absolute atomic E-state index is 12.4. The summed E-state index contributed by atoms with van der Waals surface area (Å²) in [5.74, 6) is 0.457. The summed E-state index contributed by atoms with van der Waals surface area (Å²) in [5.41, 5.74) is 2.52. The number of hydrogen-bond acceptors (Lipinski definition) is 5. The number of hydrogen-bond donors (Lipinski definition) is 1. The first-order valence-corrected chi connectivity index (χ1v) is 8.93. The van der Waals surface area contributed by atoms with Gasteiger partial charge >= 0.3 is 0 Å². The fourth-order valence-corrected chi connectivity index (χ4v) is 2.91. The van der Waals surface area contributed by atoms with Gasteiger partial charge in [0.15, 0.2) is 11.5 Å². The molecule has 1 aliphatic heterocycles. The first kappa shape index (κ1) is 18.2. The van der Waals surface area contributed by atoms with Gasteiger partial charge in [-0.3, -0.25) is 9.78 Å². The Hall–Kier alpha value is -2.60. The summed E-state index contributed by atoms with van der Waals surface area (Å²) in [7, 11) is 0. The second kappa shape index (κ2) is 8.67. The number of ether oxygens (including phenoxy) is 2. The van der Waals surface area contributed by atoms with Crippen molar-refractivity contribution in [3.63, 3.8) is 0 Å². The molecule has 0 atom stereocenters. The van der Waals surface area contributed by atoms with Gasteiger partial charge < -0.3 is 19.5 Å². The lowest BCUT2D eigenvalue weighted by molar-refractivity contribution is -0.136. The number of unbranched alkanes of at least 4 members (excludes halogenated alkanes) is 1. The number of aromatic hydroxyl groups is 1. The van der Waals surface area contributed by atoms with E-state index in [1.165, 1.54) is 0 Å². The zero-order valence-electron chi connectivity index (χ0n) is 15.0. The van der Waals surface area contributed by atoms with E-state index in [2.05, 4.69) is 11.9 Å². The Balaban J connectivity index is 1.78. The molecule has 6 heteroatoms. The normalized spacial score (nSPS) is 13.7. The van der Waals surface area contributed by atoms with Crippen LogP contribution in [0.1, 0.15) is 25.3 Å². The molecular formula is C20H24N2O4. The minimum atomic E-state index is -0.0659. The number of rotatable bonds is 6. The fraction of sp³-hybridized carbons (Fsp3) is 0.400. The number of carbonyl (C=O) groups is 1. The average Bonchev–Trinajstić information content (AvgIpc) is 2.89. The van der Waals surface area contributed by atoms with Gasteiger partial charge in [0.25, 0.3) is 0 Å². The molecule has 1 aromatic carbocycles. The van der Waals surface area contributed by atoms with Gasteiger partial charge in [-0.15, -0.1) is 0 Å². The van der Waals surface area contributed by atoms with Crippen LogP contribution in [0.15, 0.2) is 36.7 Å². The highest BCUT2D eigenvalue weighted by Crippen LogP contribution is 2.37. The Morgan fingerprint density at radius 1 is 1.38 bits per heavy atom. The number of phenolic OH excluding ortho intramolecular Hbond substituents is 1. The lowest BCUT2D eigenvalue weighted by atomic mass is 10.0. The number of carbonyl (C=O) groups excluding carboxylic acids is 1. The minimum absolute atomic E-state index is 0.0659. The largest absolute Gasteiger partial charge is 0.504 e. The maximum atomic E-state index is 12.4. The SMILES string of the molecule is CCCCOCC(=O)N1CCOc2c(O)cc(-c3cccnc3)cc2C1. The lowest BCUT2D eigenvalue weighted by Crippen LogP contribution is -2.35. The van der Waals surface area contributed by atoms with E-state index < -0.39 is 0 Å². The van der Waals surface area contributed by atoms with Gasteiger partial charge in [-0.25, -0.2) is 0 Å². The monoisotopic (exact) mass is 356 g/mol. The van der Waals surface area contributed by atoms with Crippen LogP contribution in [0.25, 0.3) is 11.1 Å². The Morgan fingerprint density at radius 2 is 2.27 bits per heavy atom. The molecule has 138 valence electrons. The lowest BCUT2D eigenvalue weighted by Gasteiger charge is -2.20. The summed E-state index contributed by atoms with van der Waals surface area (Å²) >= 11 is 0. The standard InChI is InChI=1S/C20H24N2O4/c1-2-3-8-25-14-19(24)22-7-9-26-20-17(13-22)10-16(11-18(20)23)15-5-4-6-21-12-15/h4-6,10-12,23H,2-3,7-9,13-14H2,1H3. The molecule has 6 nitrogen and oxygen atoms in total. The van der Waals surface area contributed by atoms with Crippen molar-refractivity contribution >= 4 is 5.91 Å². The second-order valence-electron chi connectivity index (χ2n) is 6.30. The van der Waals surface area contributed by atoms with Crippen LogP contribution in [0, 0.1) is 0 Å². The molecule has 2 aromatic rings. The van der Waals surface area contributed by atoms with Gasteiger partial charge in [-0.2, -0.15) is 0 Å². The van der Waals surface area contributed by atoms with Crippen LogP contribution in [0.2, 0.25) is 0 Å². The van der Waals surface area contributed by atoms with E-state index in [0.717, 1.165) is 29.5 Å². The third kappa shape index (κ3) is 4.32. The number of amides is 1. The number of aromatic nitrogens is 1. The zero-order valence-corrected chi connectivity index (χ0v) is 15.0. The predicted octanol–water partition coefficient (Wildman–Crippen LogP) is 2.99. The highest BCUT2D eigenvalue weighted by Gasteiger charge is 2.23. The van der Waals surface area contributed by atoms with Crippen molar-refractivity contribution in [2.75, 3.05) is 26.4 Å². The fourth-order valence-electron chi connectivity index (χ4n) is 2.91.